The first-order chi connectivity index (χ1) is 16.4. The number of aromatic carboxylic acids is 1. The molecule has 0 radical (unpaired) electrons. The Hall–Kier alpha value is -3.91. The van der Waals surface area contributed by atoms with Gasteiger partial charge in [-0.15, -0.1) is 0 Å². The topological polar surface area (TPSA) is 88.4 Å². The van der Waals surface area contributed by atoms with Crippen LogP contribution >= 0.6 is 15.9 Å². The van der Waals surface area contributed by atoms with Crippen molar-refractivity contribution in [2.45, 2.75) is 13.5 Å². The van der Waals surface area contributed by atoms with Gasteiger partial charge < -0.3 is 14.6 Å². The average Bonchev–Trinajstić information content (AvgIpc) is 3.13. The monoisotopic (exact) mass is 520 g/mol. The Labute approximate surface area is 205 Å². The van der Waals surface area contributed by atoms with Crippen molar-refractivity contribution in [2.75, 3.05) is 12.1 Å². The number of carboxylic acids is 1. The molecule has 1 aliphatic heterocycles. The molecule has 0 aliphatic carbocycles. The average molecular weight is 521 g/mol. The molecule has 3 aromatic carbocycles. The van der Waals surface area contributed by atoms with E-state index in [2.05, 4.69) is 21.0 Å². The number of methoxy groups -OCH3 is 1. The lowest BCUT2D eigenvalue weighted by Gasteiger charge is -2.14. The minimum absolute atomic E-state index is 0.137. The largest absolute Gasteiger partial charge is 0.493 e. The zero-order valence-corrected chi connectivity index (χ0v) is 20.1. The van der Waals surface area contributed by atoms with E-state index in [9.17, 15) is 9.59 Å². The zero-order valence-electron chi connectivity index (χ0n) is 18.5. The number of carboxylic acid groups (broad SMARTS) is 1. The van der Waals surface area contributed by atoms with Gasteiger partial charge in [-0.2, -0.15) is 10.1 Å². The highest BCUT2D eigenvalue weighted by Crippen LogP contribution is 2.36. The number of benzene rings is 3. The van der Waals surface area contributed by atoms with E-state index in [0.29, 0.717) is 35.1 Å². The number of ether oxygens (including phenoxy) is 2. The Kier molecular flexibility index (Phi) is 6.79. The van der Waals surface area contributed by atoms with Crippen molar-refractivity contribution < 1.29 is 24.2 Å². The van der Waals surface area contributed by atoms with E-state index < -0.39 is 5.97 Å². The summed E-state index contributed by atoms with van der Waals surface area (Å²) in [4.78, 5) is 24.2. The lowest BCUT2D eigenvalue weighted by atomic mass is 10.1. The van der Waals surface area contributed by atoms with Gasteiger partial charge in [0.15, 0.2) is 11.5 Å². The number of amides is 1. The summed E-state index contributed by atoms with van der Waals surface area (Å²) in [5, 5.41) is 14.7. The van der Waals surface area contributed by atoms with Gasteiger partial charge in [0.2, 0.25) is 0 Å². The molecule has 172 valence electrons. The van der Waals surface area contributed by atoms with Crippen LogP contribution in [-0.4, -0.2) is 29.8 Å². The Morgan fingerprint density at radius 3 is 2.44 bits per heavy atom. The van der Waals surface area contributed by atoms with Crippen LogP contribution in [0.25, 0.3) is 6.08 Å². The highest BCUT2D eigenvalue weighted by atomic mass is 79.9. The minimum Gasteiger partial charge on any atom is -0.493 e. The van der Waals surface area contributed by atoms with Gasteiger partial charge in [0.05, 0.1) is 29.6 Å². The van der Waals surface area contributed by atoms with Crippen molar-refractivity contribution in [1.82, 2.24) is 0 Å². The molecule has 0 aromatic heterocycles. The Morgan fingerprint density at radius 1 is 1.09 bits per heavy atom. The van der Waals surface area contributed by atoms with Crippen LogP contribution < -0.4 is 14.5 Å². The first kappa shape index (κ1) is 23.3. The Balaban J connectivity index is 1.58. The number of carbonyl (C=O) groups excluding carboxylic acids is 1. The van der Waals surface area contributed by atoms with Crippen molar-refractivity contribution in [3.05, 3.63) is 93.5 Å². The van der Waals surface area contributed by atoms with Crippen LogP contribution in [-0.2, 0) is 11.4 Å². The quantitative estimate of drug-likeness (QED) is 0.413. The van der Waals surface area contributed by atoms with Crippen LogP contribution in [0, 0.1) is 0 Å². The van der Waals surface area contributed by atoms with E-state index in [-0.39, 0.29) is 11.5 Å². The first-order valence-corrected chi connectivity index (χ1v) is 11.2. The number of hydrogen-bond donors (Lipinski definition) is 1. The molecule has 0 bridgehead atoms. The molecule has 0 fully saturated rings. The fourth-order valence-electron chi connectivity index (χ4n) is 3.43. The number of halogens is 1. The summed E-state index contributed by atoms with van der Waals surface area (Å²) in [7, 11) is 1.56. The number of hydrazone groups is 1. The third-order valence-corrected chi connectivity index (χ3v) is 5.93. The van der Waals surface area contributed by atoms with E-state index in [4.69, 9.17) is 14.6 Å². The van der Waals surface area contributed by atoms with Crippen LogP contribution in [0.2, 0.25) is 0 Å². The maximum absolute atomic E-state index is 13.1. The normalized spacial score (nSPS) is 14.3. The molecule has 1 amide bonds. The van der Waals surface area contributed by atoms with E-state index in [0.717, 1.165) is 15.6 Å². The van der Waals surface area contributed by atoms with Crippen LogP contribution in [0.1, 0.15) is 28.4 Å². The highest BCUT2D eigenvalue weighted by Gasteiger charge is 2.29. The van der Waals surface area contributed by atoms with Crippen molar-refractivity contribution >= 4 is 45.3 Å². The number of anilines is 1. The molecule has 4 rings (SSSR count). The molecule has 8 heteroatoms. The summed E-state index contributed by atoms with van der Waals surface area (Å²) in [6.07, 6.45) is 1.74. The lowest BCUT2D eigenvalue weighted by Crippen LogP contribution is -2.21. The molecular formula is C26H21BrN2O5. The molecule has 3 aromatic rings. The number of hydrogen-bond acceptors (Lipinski definition) is 5. The SMILES string of the molecule is COc1cc(C=C2C(=O)N(c3ccc(C(=O)O)cc3)N=C2C)c(Br)cc1OCc1ccccc1. The van der Waals surface area contributed by atoms with Gasteiger partial charge in [0, 0.05) is 4.47 Å². The number of carbonyl (C=O) groups is 2. The molecule has 0 spiro atoms. The number of nitrogens with zero attached hydrogens (tertiary/aromatic N) is 2. The minimum atomic E-state index is -1.03. The first-order valence-electron chi connectivity index (χ1n) is 10.4. The van der Waals surface area contributed by atoms with E-state index in [1.165, 1.54) is 17.1 Å². The molecule has 0 saturated heterocycles. The molecule has 1 heterocycles. The summed E-state index contributed by atoms with van der Waals surface area (Å²) in [6, 6.07) is 19.4. The van der Waals surface area contributed by atoms with Crippen LogP contribution in [0.4, 0.5) is 5.69 Å². The Morgan fingerprint density at radius 2 is 1.79 bits per heavy atom. The summed E-state index contributed by atoms with van der Waals surface area (Å²) >= 11 is 3.56. The van der Waals surface area contributed by atoms with Gasteiger partial charge in [-0.1, -0.05) is 46.3 Å². The van der Waals surface area contributed by atoms with E-state index in [1.54, 1.807) is 38.3 Å². The van der Waals surface area contributed by atoms with Gasteiger partial charge in [-0.05, 0) is 60.5 Å². The highest BCUT2D eigenvalue weighted by molar-refractivity contribution is 9.10. The second-order valence-electron chi connectivity index (χ2n) is 7.51. The van der Waals surface area contributed by atoms with Gasteiger partial charge in [-0.25, -0.2) is 4.79 Å². The summed E-state index contributed by atoms with van der Waals surface area (Å²) in [5.74, 6) is -0.235. The maximum Gasteiger partial charge on any atom is 0.335 e. The van der Waals surface area contributed by atoms with Crippen molar-refractivity contribution in [1.29, 1.82) is 0 Å². The van der Waals surface area contributed by atoms with E-state index >= 15 is 0 Å². The predicted molar refractivity (Wildman–Crippen MR) is 133 cm³/mol. The third kappa shape index (κ3) is 4.87. The summed E-state index contributed by atoms with van der Waals surface area (Å²) in [6.45, 7) is 2.14. The lowest BCUT2D eigenvalue weighted by molar-refractivity contribution is -0.114. The smallest absolute Gasteiger partial charge is 0.335 e. The summed E-state index contributed by atoms with van der Waals surface area (Å²) in [5.41, 5.74) is 3.35. The third-order valence-electron chi connectivity index (χ3n) is 5.24. The molecule has 34 heavy (non-hydrogen) atoms. The van der Waals surface area contributed by atoms with Gasteiger partial charge >= 0.3 is 5.97 Å². The molecule has 1 aliphatic rings. The molecule has 0 atom stereocenters. The van der Waals surface area contributed by atoms with Crippen molar-refractivity contribution in [3.8, 4) is 11.5 Å². The Bertz CT molecular complexity index is 1300. The maximum atomic E-state index is 13.1. The predicted octanol–water partition coefficient (Wildman–Crippen LogP) is 5.54. The fraction of sp³-hybridized carbons (Fsp3) is 0.115. The van der Waals surface area contributed by atoms with Gasteiger partial charge in [-0.3, -0.25) is 4.79 Å². The molecular weight excluding hydrogens is 500 g/mol. The van der Waals surface area contributed by atoms with Crippen molar-refractivity contribution in [2.24, 2.45) is 5.10 Å². The van der Waals surface area contributed by atoms with Gasteiger partial charge in [0.25, 0.3) is 5.91 Å². The molecule has 0 saturated carbocycles. The zero-order chi connectivity index (χ0) is 24.2. The fourth-order valence-corrected chi connectivity index (χ4v) is 3.87. The van der Waals surface area contributed by atoms with Crippen LogP contribution in [0.15, 0.2) is 81.9 Å². The second kappa shape index (κ2) is 9.93. The van der Waals surface area contributed by atoms with Gasteiger partial charge in [0.1, 0.15) is 6.61 Å². The second-order valence-corrected chi connectivity index (χ2v) is 8.37. The van der Waals surface area contributed by atoms with Crippen LogP contribution in [0.3, 0.4) is 0 Å². The molecule has 1 N–H and O–H groups in total. The van der Waals surface area contributed by atoms with Crippen molar-refractivity contribution in [3.63, 3.8) is 0 Å². The molecule has 7 nitrogen and oxygen atoms in total. The van der Waals surface area contributed by atoms with Crippen LogP contribution in [0.5, 0.6) is 11.5 Å². The standard InChI is InChI=1S/C26H21BrN2O5/c1-16-21(25(30)29(28-16)20-10-8-18(9-11-20)26(31)32)12-19-13-23(33-2)24(14-22(19)27)34-15-17-6-4-3-5-7-17/h3-14H,15H2,1-2H3,(H,31,32). The number of rotatable bonds is 7. The summed E-state index contributed by atoms with van der Waals surface area (Å²) < 4.78 is 12.2. The van der Waals surface area contributed by atoms with E-state index in [1.807, 2.05) is 36.4 Å². The molecule has 0 unspecified atom stereocenters.